The molecule has 0 spiro atoms. The lowest BCUT2D eigenvalue weighted by molar-refractivity contribution is -0.195. The Hall–Kier alpha value is -1.40. The van der Waals surface area contributed by atoms with E-state index in [1.54, 1.807) is 0 Å². The van der Waals surface area contributed by atoms with E-state index in [4.69, 9.17) is 9.84 Å². The Labute approximate surface area is 102 Å². The van der Waals surface area contributed by atoms with E-state index in [1.165, 1.54) is 24.3 Å². The van der Waals surface area contributed by atoms with Crippen LogP contribution in [0.25, 0.3) is 0 Å². The molecule has 3 atom stereocenters. The van der Waals surface area contributed by atoms with E-state index >= 15 is 0 Å². The van der Waals surface area contributed by atoms with Crippen molar-refractivity contribution in [2.24, 2.45) is 0 Å². The summed E-state index contributed by atoms with van der Waals surface area (Å²) < 4.78 is 32.3. The SMILES string of the molecule is Oc1ccc(O[C@@H]2[C@H](O)[C@@H](O)CCC2(F)F)cc1. The first kappa shape index (κ1) is 13.0. The van der Waals surface area contributed by atoms with Crippen molar-refractivity contribution in [2.75, 3.05) is 0 Å². The van der Waals surface area contributed by atoms with Gasteiger partial charge >= 0.3 is 0 Å². The third kappa shape index (κ3) is 2.54. The molecule has 1 saturated carbocycles. The van der Waals surface area contributed by atoms with Crippen LogP contribution in [0.3, 0.4) is 0 Å². The summed E-state index contributed by atoms with van der Waals surface area (Å²) in [6, 6.07) is 5.22. The minimum absolute atomic E-state index is 0.0154. The maximum absolute atomic E-state index is 13.6. The second-order valence-corrected chi connectivity index (χ2v) is 4.39. The molecule has 0 radical (unpaired) electrons. The average Bonchev–Trinajstić information content (AvgIpc) is 2.32. The quantitative estimate of drug-likeness (QED) is 0.749. The second kappa shape index (κ2) is 4.70. The number of benzene rings is 1. The molecule has 1 aromatic rings. The molecule has 0 amide bonds. The van der Waals surface area contributed by atoms with E-state index in [0.29, 0.717) is 0 Å². The fourth-order valence-corrected chi connectivity index (χ4v) is 1.93. The second-order valence-electron chi connectivity index (χ2n) is 4.39. The summed E-state index contributed by atoms with van der Waals surface area (Å²) in [6.07, 6.45) is -5.34. The predicted molar refractivity (Wildman–Crippen MR) is 58.7 cm³/mol. The molecule has 6 heteroatoms. The van der Waals surface area contributed by atoms with Gasteiger partial charge in [0.1, 0.15) is 17.6 Å². The number of aliphatic hydroxyl groups excluding tert-OH is 2. The number of hydrogen-bond donors (Lipinski definition) is 3. The number of halogens is 2. The highest BCUT2D eigenvalue weighted by molar-refractivity contribution is 5.30. The molecule has 1 aromatic carbocycles. The average molecular weight is 260 g/mol. The summed E-state index contributed by atoms with van der Waals surface area (Å²) in [5.41, 5.74) is 0. The lowest BCUT2D eigenvalue weighted by Crippen LogP contribution is -2.55. The van der Waals surface area contributed by atoms with Crippen LogP contribution in [0.1, 0.15) is 12.8 Å². The van der Waals surface area contributed by atoms with Crippen molar-refractivity contribution in [2.45, 2.75) is 37.1 Å². The monoisotopic (exact) mass is 260 g/mol. The molecule has 1 fully saturated rings. The van der Waals surface area contributed by atoms with Crippen LogP contribution in [-0.2, 0) is 0 Å². The smallest absolute Gasteiger partial charge is 0.286 e. The lowest BCUT2D eigenvalue weighted by Gasteiger charge is -2.37. The molecule has 1 aliphatic carbocycles. The zero-order chi connectivity index (χ0) is 13.3. The Morgan fingerprint density at radius 1 is 1.17 bits per heavy atom. The molecule has 100 valence electrons. The lowest BCUT2D eigenvalue weighted by atomic mass is 9.88. The minimum atomic E-state index is -3.20. The normalized spacial score (nSPS) is 31.0. The van der Waals surface area contributed by atoms with E-state index in [-0.39, 0.29) is 17.9 Å². The molecule has 0 unspecified atom stereocenters. The highest BCUT2D eigenvalue weighted by Crippen LogP contribution is 2.36. The van der Waals surface area contributed by atoms with Crippen LogP contribution in [0.5, 0.6) is 11.5 Å². The van der Waals surface area contributed by atoms with Gasteiger partial charge in [-0.1, -0.05) is 0 Å². The maximum Gasteiger partial charge on any atom is 0.286 e. The van der Waals surface area contributed by atoms with E-state index < -0.39 is 30.7 Å². The highest BCUT2D eigenvalue weighted by Gasteiger charge is 2.52. The van der Waals surface area contributed by atoms with Crippen LogP contribution in [0.4, 0.5) is 8.78 Å². The summed E-state index contributed by atoms with van der Waals surface area (Å²) in [5, 5.41) is 28.0. The molecule has 0 heterocycles. The van der Waals surface area contributed by atoms with Crippen molar-refractivity contribution >= 4 is 0 Å². The number of aliphatic hydroxyl groups is 2. The Kier molecular flexibility index (Phi) is 3.41. The number of phenols is 1. The molecule has 0 aromatic heterocycles. The summed E-state index contributed by atoms with van der Waals surface area (Å²) in [4.78, 5) is 0. The maximum atomic E-state index is 13.6. The summed E-state index contributed by atoms with van der Waals surface area (Å²) in [7, 11) is 0. The highest BCUT2D eigenvalue weighted by atomic mass is 19.3. The van der Waals surface area contributed by atoms with Crippen molar-refractivity contribution in [1.29, 1.82) is 0 Å². The molecule has 1 aliphatic rings. The third-order valence-electron chi connectivity index (χ3n) is 2.99. The van der Waals surface area contributed by atoms with Crippen LogP contribution in [-0.4, -0.2) is 39.6 Å². The Bertz CT molecular complexity index is 407. The number of ether oxygens (including phenoxy) is 1. The Balaban J connectivity index is 2.16. The van der Waals surface area contributed by atoms with E-state index in [2.05, 4.69) is 0 Å². The molecule has 0 aliphatic heterocycles. The summed E-state index contributed by atoms with van der Waals surface area (Å²) in [5.74, 6) is -3.11. The van der Waals surface area contributed by atoms with Gasteiger partial charge < -0.3 is 20.1 Å². The molecular weight excluding hydrogens is 246 g/mol. The van der Waals surface area contributed by atoms with E-state index in [0.717, 1.165) is 0 Å². The fourth-order valence-electron chi connectivity index (χ4n) is 1.93. The summed E-state index contributed by atoms with van der Waals surface area (Å²) in [6.45, 7) is 0. The van der Waals surface area contributed by atoms with Gasteiger partial charge in [0.2, 0.25) is 0 Å². The largest absolute Gasteiger partial charge is 0.508 e. The fraction of sp³-hybridized carbons (Fsp3) is 0.500. The first-order chi connectivity index (χ1) is 8.40. The van der Waals surface area contributed by atoms with Crippen molar-refractivity contribution < 1.29 is 28.8 Å². The van der Waals surface area contributed by atoms with Gasteiger partial charge in [-0.3, -0.25) is 0 Å². The van der Waals surface area contributed by atoms with Gasteiger partial charge in [-0.2, -0.15) is 0 Å². The van der Waals surface area contributed by atoms with E-state index in [1.807, 2.05) is 0 Å². The van der Waals surface area contributed by atoms with Crippen molar-refractivity contribution in [1.82, 2.24) is 0 Å². The third-order valence-corrected chi connectivity index (χ3v) is 2.99. The predicted octanol–water partition coefficient (Wildman–Crippen LogP) is 1.29. The number of aromatic hydroxyl groups is 1. The topological polar surface area (TPSA) is 69.9 Å². The van der Waals surface area contributed by atoms with Crippen molar-refractivity contribution in [3.63, 3.8) is 0 Å². The zero-order valence-corrected chi connectivity index (χ0v) is 9.46. The van der Waals surface area contributed by atoms with Gasteiger partial charge in [0, 0.05) is 6.42 Å². The van der Waals surface area contributed by atoms with Crippen LogP contribution in [0.15, 0.2) is 24.3 Å². The molecular formula is C12H14F2O4. The molecule has 4 nitrogen and oxygen atoms in total. The zero-order valence-electron chi connectivity index (χ0n) is 9.46. The molecule has 3 N–H and O–H groups in total. The molecule has 0 bridgehead atoms. The Morgan fingerprint density at radius 2 is 1.78 bits per heavy atom. The van der Waals surface area contributed by atoms with Gasteiger partial charge in [-0.15, -0.1) is 0 Å². The van der Waals surface area contributed by atoms with E-state index in [9.17, 15) is 19.0 Å². The number of alkyl halides is 2. The standard InChI is InChI=1S/C12H14F2O4/c13-12(14)6-5-9(16)10(17)11(12)18-8-3-1-7(15)2-4-8/h1-4,9-11,15-17H,5-6H2/t9-,10+,11+/m0/s1. The number of rotatable bonds is 2. The minimum Gasteiger partial charge on any atom is -0.508 e. The molecule has 0 saturated heterocycles. The van der Waals surface area contributed by atoms with Crippen LogP contribution in [0, 0.1) is 0 Å². The van der Waals surface area contributed by atoms with Gasteiger partial charge in [0.15, 0.2) is 6.10 Å². The van der Waals surface area contributed by atoms with Crippen molar-refractivity contribution in [3.8, 4) is 11.5 Å². The first-order valence-electron chi connectivity index (χ1n) is 5.60. The van der Waals surface area contributed by atoms with Crippen LogP contribution >= 0.6 is 0 Å². The van der Waals surface area contributed by atoms with Crippen LogP contribution in [0.2, 0.25) is 0 Å². The van der Waals surface area contributed by atoms with Gasteiger partial charge in [-0.05, 0) is 30.7 Å². The van der Waals surface area contributed by atoms with Crippen molar-refractivity contribution in [3.05, 3.63) is 24.3 Å². The summed E-state index contributed by atoms with van der Waals surface area (Å²) >= 11 is 0. The molecule has 18 heavy (non-hydrogen) atoms. The molecule has 2 rings (SSSR count). The first-order valence-corrected chi connectivity index (χ1v) is 5.60. The number of hydrogen-bond acceptors (Lipinski definition) is 4. The van der Waals surface area contributed by atoms with Gasteiger partial charge in [0.25, 0.3) is 5.92 Å². The van der Waals surface area contributed by atoms with Crippen LogP contribution < -0.4 is 4.74 Å². The number of phenolic OH excluding ortho intramolecular Hbond substituents is 1. The van der Waals surface area contributed by atoms with Gasteiger partial charge in [0.05, 0.1) is 6.10 Å². The Morgan fingerprint density at radius 3 is 2.39 bits per heavy atom. The van der Waals surface area contributed by atoms with Gasteiger partial charge in [-0.25, -0.2) is 8.78 Å².